The van der Waals surface area contributed by atoms with Crippen molar-refractivity contribution in [2.75, 3.05) is 19.6 Å². The van der Waals surface area contributed by atoms with Crippen LogP contribution in [0.4, 0.5) is 0 Å². The van der Waals surface area contributed by atoms with Crippen molar-refractivity contribution >= 4 is 11.8 Å². The summed E-state index contributed by atoms with van der Waals surface area (Å²) in [4.78, 5) is 29.8. The summed E-state index contributed by atoms with van der Waals surface area (Å²) in [7, 11) is 0. The number of nitrogens with zero attached hydrogens (tertiary/aromatic N) is 2. The highest BCUT2D eigenvalue weighted by Crippen LogP contribution is 2.21. The monoisotopic (exact) mass is 341 g/mol. The van der Waals surface area contributed by atoms with Crippen molar-refractivity contribution < 1.29 is 14.0 Å². The smallest absolute Gasteiger partial charge is 0.241 e. The molecule has 1 aromatic carbocycles. The van der Waals surface area contributed by atoms with Gasteiger partial charge in [0, 0.05) is 31.5 Å². The maximum Gasteiger partial charge on any atom is 0.241 e. The molecule has 6 heteroatoms. The molecule has 1 fully saturated rings. The Morgan fingerprint density at radius 1 is 1.20 bits per heavy atom. The zero-order valence-corrected chi connectivity index (χ0v) is 14.5. The molecule has 1 N–H and O–H groups in total. The molecule has 1 aromatic heterocycles. The van der Waals surface area contributed by atoms with Crippen LogP contribution in [0.1, 0.15) is 30.7 Å². The maximum absolute atomic E-state index is 11.9. The molecule has 0 saturated carbocycles. The number of aryl methyl sites for hydroxylation is 2. The summed E-state index contributed by atoms with van der Waals surface area (Å²) in [6, 6.07) is 8.00. The zero-order chi connectivity index (χ0) is 17.6. The van der Waals surface area contributed by atoms with Crippen LogP contribution in [0.25, 0.3) is 11.3 Å². The number of oxazole rings is 1. The first-order valence-electron chi connectivity index (χ1n) is 8.68. The van der Waals surface area contributed by atoms with E-state index in [2.05, 4.69) is 10.3 Å². The normalized spacial score (nSPS) is 13.9. The minimum absolute atomic E-state index is 0.0105. The second kappa shape index (κ2) is 7.96. The quantitative estimate of drug-likeness (QED) is 0.875. The van der Waals surface area contributed by atoms with Gasteiger partial charge in [-0.2, -0.15) is 0 Å². The Balaban J connectivity index is 1.44. The zero-order valence-electron chi connectivity index (χ0n) is 14.5. The summed E-state index contributed by atoms with van der Waals surface area (Å²) in [5, 5.41) is 2.67. The molecule has 2 aromatic rings. The van der Waals surface area contributed by atoms with E-state index in [0.29, 0.717) is 18.1 Å². The number of amides is 2. The number of rotatable bonds is 6. The molecule has 3 rings (SSSR count). The van der Waals surface area contributed by atoms with Gasteiger partial charge in [-0.1, -0.05) is 29.8 Å². The van der Waals surface area contributed by atoms with E-state index in [-0.39, 0.29) is 24.8 Å². The van der Waals surface area contributed by atoms with E-state index < -0.39 is 0 Å². The number of nitrogens with one attached hydrogen (secondary N) is 1. The maximum atomic E-state index is 11.9. The first-order chi connectivity index (χ1) is 12.1. The van der Waals surface area contributed by atoms with E-state index in [1.807, 2.05) is 31.2 Å². The van der Waals surface area contributed by atoms with E-state index in [9.17, 15) is 9.59 Å². The topological polar surface area (TPSA) is 75.4 Å². The fourth-order valence-electron chi connectivity index (χ4n) is 2.84. The molecule has 0 radical (unpaired) electrons. The second-order valence-electron chi connectivity index (χ2n) is 6.35. The summed E-state index contributed by atoms with van der Waals surface area (Å²) in [5.74, 6) is 1.04. The van der Waals surface area contributed by atoms with Crippen LogP contribution in [0.3, 0.4) is 0 Å². The molecule has 1 aliphatic rings. The minimum atomic E-state index is -0.164. The third-order valence-corrected chi connectivity index (χ3v) is 4.35. The largest absolute Gasteiger partial charge is 0.441 e. The van der Waals surface area contributed by atoms with Gasteiger partial charge in [0.1, 0.15) is 0 Å². The molecule has 2 amide bonds. The van der Waals surface area contributed by atoms with Crippen molar-refractivity contribution in [2.45, 2.75) is 32.6 Å². The van der Waals surface area contributed by atoms with Gasteiger partial charge in [0.05, 0.1) is 12.7 Å². The molecule has 1 saturated heterocycles. The van der Waals surface area contributed by atoms with Gasteiger partial charge in [-0.25, -0.2) is 4.98 Å². The van der Waals surface area contributed by atoms with Crippen LogP contribution in [0.2, 0.25) is 0 Å². The predicted octanol–water partition coefficient (Wildman–Crippen LogP) is 2.32. The Kier molecular flexibility index (Phi) is 5.48. The third kappa shape index (κ3) is 4.68. The van der Waals surface area contributed by atoms with Crippen LogP contribution in [-0.4, -0.2) is 41.3 Å². The van der Waals surface area contributed by atoms with Gasteiger partial charge in [0.2, 0.25) is 11.8 Å². The van der Waals surface area contributed by atoms with E-state index >= 15 is 0 Å². The van der Waals surface area contributed by atoms with Crippen LogP contribution in [-0.2, 0) is 16.0 Å². The lowest BCUT2D eigenvalue weighted by Crippen LogP contribution is -2.38. The molecule has 2 heterocycles. The molecule has 0 spiro atoms. The number of carbonyl (C=O) groups excluding carboxylic acids is 2. The van der Waals surface area contributed by atoms with Crippen molar-refractivity contribution in [3.8, 4) is 11.3 Å². The molecule has 0 aliphatic carbocycles. The molecule has 1 aliphatic heterocycles. The van der Waals surface area contributed by atoms with Crippen LogP contribution in [0.5, 0.6) is 0 Å². The molecule has 0 unspecified atom stereocenters. The van der Waals surface area contributed by atoms with Crippen molar-refractivity contribution in [2.24, 2.45) is 0 Å². The van der Waals surface area contributed by atoms with Crippen molar-refractivity contribution in [1.82, 2.24) is 15.2 Å². The van der Waals surface area contributed by atoms with Crippen molar-refractivity contribution in [3.63, 3.8) is 0 Å². The molecular formula is C19H23N3O3. The molecule has 132 valence electrons. The van der Waals surface area contributed by atoms with E-state index in [0.717, 1.165) is 31.5 Å². The summed E-state index contributed by atoms with van der Waals surface area (Å²) in [6.07, 6.45) is 4.44. The van der Waals surface area contributed by atoms with E-state index in [1.54, 1.807) is 11.1 Å². The van der Waals surface area contributed by atoms with E-state index in [4.69, 9.17) is 4.42 Å². The van der Waals surface area contributed by atoms with Crippen LogP contribution >= 0.6 is 0 Å². The van der Waals surface area contributed by atoms with Crippen molar-refractivity contribution in [3.05, 3.63) is 41.9 Å². The second-order valence-corrected chi connectivity index (χ2v) is 6.35. The van der Waals surface area contributed by atoms with E-state index in [1.165, 1.54) is 5.56 Å². The Hall–Kier alpha value is -2.63. The van der Waals surface area contributed by atoms with Gasteiger partial charge in [-0.05, 0) is 19.8 Å². The summed E-state index contributed by atoms with van der Waals surface area (Å²) >= 11 is 0. The lowest BCUT2D eigenvalue weighted by atomic mass is 10.1. The molecule has 0 atom stereocenters. The highest BCUT2D eigenvalue weighted by molar-refractivity contribution is 5.84. The first-order valence-corrected chi connectivity index (χ1v) is 8.68. The van der Waals surface area contributed by atoms with Crippen LogP contribution < -0.4 is 5.32 Å². The van der Waals surface area contributed by atoms with Crippen LogP contribution in [0, 0.1) is 6.92 Å². The predicted molar refractivity (Wildman–Crippen MR) is 93.8 cm³/mol. The number of aromatic nitrogens is 1. The Morgan fingerprint density at radius 3 is 2.64 bits per heavy atom. The fourth-order valence-corrected chi connectivity index (χ4v) is 2.84. The van der Waals surface area contributed by atoms with Crippen LogP contribution in [0.15, 0.2) is 34.9 Å². The van der Waals surface area contributed by atoms with Gasteiger partial charge in [-0.15, -0.1) is 0 Å². The van der Waals surface area contributed by atoms with Gasteiger partial charge in [0.15, 0.2) is 11.7 Å². The Bertz CT molecular complexity index is 731. The summed E-state index contributed by atoms with van der Waals surface area (Å²) in [6.45, 7) is 3.70. The third-order valence-electron chi connectivity index (χ3n) is 4.35. The standard InChI is InChI=1S/C19H23N3O3/c1-14-4-6-15(7-5-14)16-12-21-18(25-16)9-8-17(23)20-13-19(24)22-10-2-3-11-22/h4-7,12H,2-3,8-11,13H2,1H3,(H,20,23). The highest BCUT2D eigenvalue weighted by Gasteiger charge is 2.18. The SMILES string of the molecule is Cc1ccc(-c2cnc(CCC(=O)NCC(=O)N3CCCC3)o2)cc1. The number of likely N-dealkylation sites (tertiary alicyclic amines) is 1. The fraction of sp³-hybridized carbons (Fsp3) is 0.421. The lowest BCUT2D eigenvalue weighted by molar-refractivity contribution is -0.132. The first kappa shape index (κ1) is 17.2. The molecule has 0 bridgehead atoms. The summed E-state index contributed by atoms with van der Waals surface area (Å²) < 4.78 is 5.70. The Morgan fingerprint density at radius 2 is 1.92 bits per heavy atom. The Labute approximate surface area is 147 Å². The number of hydrogen-bond donors (Lipinski definition) is 1. The van der Waals surface area contributed by atoms with Gasteiger partial charge < -0.3 is 14.6 Å². The highest BCUT2D eigenvalue weighted by atomic mass is 16.4. The average molecular weight is 341 g/mol. The number of hydrogen-bond acceptors (Lipinski definition) is 4. The van der Waals surface area contributed by atoms with Gasteiger partial charge in [0.25, 0.3) is 0 Å². The molecule has 6 nitrogen and oxygen atoms in total. The average Bonchev–Trinajstić information content (AvgIpc) is 3.30. The summed E-state index contributed by atoms with van der Waals surface area (Å²) in [5.41, 5.74) is 2.15. The van der Waals surface area contributed by atoms with Gasteiger partial charge in [-0.3, -0.25) is 9.59 Å². The molecule has 25 heavy (non-hydrogen) atoms. The van der Waals surface area contributed by atoms with Gasteiger partial charge >= 0.3 is 0 Å². The van der Waals surface area contributed by atoms with Crippen molar-refractivity contribution in [1.29, 1.82) is 0 Å². The molecular weight excluding hydrogens is 318 g/mol. The minimum Gasteiger partial charge on any atom is -0.441 e. The number of carbonyl (C=O) groups is 2. The lowest BCUT2D eigenvalue weighted by Gasteiger charge is -2.15. The number of benzene rings is 1.